The van der Waals surface area contributed by atoms with E-state index in [0.717, 1.165) is 5.56 Å². The fourth-order valence-corrected chi connectivity index (χ4v) is 4.44. The molecule has 31 heavy (non-hydrogen) atoms. The van der Waals surface area contributed by atoms with Gasteiger partial charge in [-0.15, -0.1) is 0 Å². The summed E-state index contributed by atoms with van der Waals surface area (Å²) in [4.78, 5) is 32.9. The second-order valence-corrected chi connectivity index (χ2v) is 9.36. The molecule has 1 aliphatic heterocycles. The van der Waals surface area contributed by atoms with E-state index in [9.17, 15) is 9.59 Å². The van der Waals surface area contributed by atoms with Crippen molar-refractivity contribution in [2.75, 3.05) is 11.9 Å². The molecule has 4 rings (SSSR count). The predicted molar refractivity (Wildman–Crippen MR) is 127 cm³/mol. The van der Waals surface area contributed by atoms with Crippen LogP contribution in [0.25, 0.3) is 11.7 Å². The summed E-state index contributed by atoms with van der Waals surface area (Å²) in [5, 5.41) is 3.27. The van der Waals surface area contributed by atoms with Crippen molar-refractivity contribution in [3.63, 3.8) is 0 Å². The summed E-state index contributed by atoms with van der Waals surface area (Å²) in [6, 6.07) is 7.27. The second-order valence-electron chi connectivity index (χ2n) is 7.69. The van der Waals surface area contributed by atoms with E-state index in [2.05, 4.69) is 19.2 Å². The van der Waals surface area contributed by atoms with Crippen LogP contribution in [0.15, 0.2) is 50.8 Å². The number of hydrogen-bond acceptors (Lipinski definition) is 7. The summed E-state index contributed by atoms with van der Waals surface area (Å²) in [6.45, 7) is 6.96. The first kappa shape index (κ1) is 21.3. The third-order valence-corrected chi connectivity index (χ3v) is 6.18. The fourth-order valence-electron chi connectivity index (χ4n) is 3.20. The van der Waals surface area contributed by atoms with Gasteiger partial charge in [-0.2, -0.15) is 0 Å². The molecular weight excluding hydrogens is 432 g/mol. The molecule has 160 valence electrons. The van der Waals surface area contributed by atoms with Crippen LogP contribution in [-0.2, 0) is 11.3 Å². The number of fused-ring (bicyclic) bond motifs is 1. The molecule has 0 saturated carbocycles. The maximum atomic E-state index is 13.3. The van der Waals surface area contributed by atoms with Gasteiger partial charge < -0.3 is 9.73 Å². The number of furan rings is 1. The number of carbonyl (C=O) groups is 1. The highest BCUT2D eigenvalue weighted by atomic mass is 32.2. The van der Waals surface area contributed by atoms with Gasteiger partial charge in [-0.25, -0.2) is 4.98 Å². The number of carbonyl (C=O) groups excluding carboxylic acids is 1. The van der Waals surface area contributed by atoms with E-state index in [-0.39, 0.29) is 18.0 Å². The van der Waals surface area contributed by atoms with Gasteiger partial charge in [-0.05, 0) is 42.7 Å². The smallest absolute Gasteiger partial charge is 0.267 e. The van der Waals surface area contributed by atoms with Gasteiger partial charge in [0.2, 0.25) is 0 Å². The molecule has 0 radical (unpaired) electrons. The van der Waals surface area contributed by atoms with Gasteiger partial charge >= 0.3 is 0 Å². The number of aromatic nitrogens is 2. The van der Waals surface area contributed by atoms with Gasteiger partial charge in [0.15, 0.2) is 0 Å². The van der Waals surface area contributed by atoms with Crippen molar-refractivity contribution < 1.29 is 9.21 Å². The van der Waals surface area contributed by atoms with Crippen LogP contribution >= 0.6 is 24.0 Å². The third kappa shape index (κ3) is 4.28. The molecule has 0 atom stereocenters. The Kier molecular flexibility index (Phi) is 5.97. The first-order valence-corrected chi connectivity index (χ1v) is 11.1. The van der Waals surface area contributed by atoms with Crippen LogP contribution < -0.4 is 10.9 Å². The van der Waals surface area contributed by atoms with E-state index in [0.29, 0.717) is 44.5 Å². The van der Waals surface area contributed by atoms with Crippen molar-refractivity contribution in [2.45, 2.75) is 27.3 Å². The van der Waals surface area contributed by atoms with Gasteiger partial charge in [-0.1, -0.05) is 43.9 Å². The normalized spacial score (nSPS) is 15.6. The van der Waals surface area contributed by atoms with E-state index in [1.165, 1.54) is 21.1 Å². The number of hydrogen-bond donors (Lipinski definition) is 1. The number of thioether (sulfide) groups is 1. The highest BCUT2D eigenvalue weighted by Gasteiger charge is 2.33. The first-order chi connectivity index (χ1) is 14.8. The van der Waals surface area contributed by atoms with Crippen LogP contribution in [0.4, 0.5) is 5.82 Å². The van der Waals surface area contributed by atoms with Crippen LogP contribution in [0.5, 0.6) is 0 Å². The fraction of sp³-hybridized carbons (Fsp3) is 0.273. The maximum absolute atomic E-state index is 13.3. The van der Waals surface area contributed by atoms with Crippen molar-refractivity contribution in [1.82, 2.24) is 14.3 Å². The van der Waals surface area contributed by atoms with Crippen LogP contribution in [0.1, 0.15) is 30.7 Å². The lowest BCUT2D eigenvalue weighted by Gasteiger charge is -2.14. The van der Waals surface area contributed by atoms with Gasteiger partial charge in [0.05, 0.1) is 23.3 Å². The lowest BCUT2D eigenvalue weighted by atomic mass is 10.2. The molecule has 9 heteroatoms. The van der Waals surface area contributed by atoms with Crippen molar-refractivity contribution >= 4 is 51.7 Å². The molecule has 1 aliphatic rings. The van der Waals surface area contributed by atoms with Crippen LogP contribution in [-0.4, -0.2) is 31.1 Å². The van der Waals surface area contributed by atoms with Gasteiger partial charge in [0.1, 0.15) is 21.5 Å². The lowest BCUT2D eigenvalue weighted by Crippen LogP contribution is -2.27. The Labute approximate surface area is 189 Å². The Morgan fingerprint density at radius 2 is 2.10 bits per heavy atom. The molecule has 0 unspecified atom stereocenters. The molecule has 1 saturated heterocycles. The van der Waals surface area contributed by atoms with E-state index in [1.807, 2.05) is 13.0 Å². The minimum Gasteiger partial charge on any atom is -0.467 e. The zero-order valence-electron chi connectivity index (χ0n) is 17.4. The Morgan fingerprint density at radius 3 is 2.81 bits per heavy atom. The standard InChI is InChI=1S/C22H22N4O3S2/c1-13(2)11-23-18-16(20(27)25-8-4-6-14(3)19(25)24-18)10-17-21(28)26(22(30)31-17)12-15-7-5-9-29-15/h4-10,13,23H,11-12H2,1-3H3/b17-10-. The van der Waals surface area contributed by atoms with Crippen LogP contribution in [0, 0.1) is 12.8 Å². The number of rotatable bonds is 6. The largest absolute Gasteiger partial charge is 0.467 e. The Hall–Kier alpha value is -2.91. The molecule has 0 spiro atoms. The molecule has 3 aromatic heterocycles. The SMILES string of the molecule is Cc1cccn2c(=O)c(/C=C3\SC(=S)N(Cc4ccco4)C3=O)c(NCC(C)C)nc12. The van der Waals surface area contributed by atoms with Gasteiger partial charge in [-0.3, -0.25) is 18.9 Å². The molecule has 1 fully saturated rings. The van der Waals surface area contributed by atoms with Crippen molar-refractivity contribution in [3.05, 3.63) is 68.9 Å². The number of amides is 1. The van der Waals surface area contributed by atoms with Gasteiger partial charge in [0, 0.05) is 12.7 Å². The molecular formula is C22H22N4O3S2. The summed E-state index contributed by atoms with van der Waals surface area (Å²) in [6.07, 6.45) is 4.83. The van der Waals surface area contributed by atoms with Gasteiger partial charge in [0.25, 0.3) is 11.5 Å². The van der Waals surface area contributed by atoms with Crippen molar-refractivity contribution in [3.8, 4) is 0 Å². The minimum absolute atomic E-state index is 0.240. The average Bonchev–Trinajstić information content (AvgIpc) is 3.33. The predicted octanol–water partition coefficient (Wildman–Crippen LogP) is 4.07. The maximum Gasteiger partial charge on any atom is 0.267 e. The summed E-state index contributed by atoms with van der Waals surface area (Å²) in [7, 11) is 0. The number of aryl methyl sites for hydroxylation is 1. The number of nitrogens with zero attached hydrogens (tertiary/aromatic N) is 3. The first-order valence-electron chi connectivity index (χ1n) is 9.88. The highest BCUT2D eigenvalue weighted by Crippen LogP contribution is 2.34. The number of thiocarbonyl (C=S) groups is 1. The summed E-state index contributed by atoms with van der Waals surface area (Å²) in [5.41, 5.74) is 1.57. The summed E-state index contributed by atoms with van der Waals surface area (Å²) < 4.78 is 7.27. The zero-order valence-corrected chi connectivity index (χ0v) is 19.0. The molecule has 0 bridgehead atoms. The van der Waals surface area contributed by atoms with E-state index in [4.69, 9.17) is 21.6 Å². The number of nitrogens with one attached hydrogen (secondary N) is 1. The topological polar surface area (TPSA) is 79.8 Å². The van der Waals surface area contributed by atoms with E-state index >= 15 is 0 Å². The zero-order chi connectivity index (χ0) is 22.1. The molecule has 1 amide bonds. The van der Waals surface area contributed by atoms with E-state index in [1.54, 1.807) is 36.7 Å². The monoisotopic (exact) mass is 454 g/mol. The molecule has 4 heterocycles. The van der Waals surface area contributed by atoms with Crippen molar-refractivity contribution in [1.29, 1.82) is 0 Å². The Bertz CT molecular complexity index is 1250. The van der Waals surface area contributed by atoms with Crippen LogP contribution in [0.2, 0.25) is 0 Å². The number of pyridine rings is 1. The number of anilines is 1. The molecule has 3 aromatic rings. The average molecular weight is 455 g/mol. The molecule has 7 nitrogen and oxygen atoms in total. The lowest BCUT2D eigenvalue weighted by molar-refractivity contribution is -0.122. The third-order valence-electron chi connectivity index (χ3n) is 4.81. The second kappa shape index (κ2) is 8.68. The Balaban J connectivity index is 1.77. The van der Waals surface area contributed by atoms with Crippen LogP contribution in [0.3, 0.4) is 0 Å². The van der Waals surface area contributed by atoms with E-state index < -0.39 is 0 Å². The van der Waals surface area contributed by atoms with Crippen molar-refractivity contribution in [2.24, 2.45) is 5.92 Å². The highest BCUT2D eigenvalue weighted by molar-refractivity contribution is 8.26. The molecule has 0 aromatic carbocycles. The summed E-state index contributed by atoms with van der Waals surface area (Å²) >= 11 is 6.57. The molecule has 0 aliphatic carbocycles. The summed E-state index contributed by atoms with van der Waals surface area (Å²) in [5.74, 6) is 1.20. The molecule has 1 N–H and O–H groups in total. The Morgan fingerprint density at radius 1 is 1.29 bits per heavy atom. The quantitative estimate of drug-likeness (QED) is 0.444. The minimum atomic E-state index is -0.255.